The molecule has 540 valence electrons. The fraction of sp³-hybridized carbons (Fsp3) is 0.656. The molecule has 0 aliphatic heterocycles. The number of nitrogens with one attached hydrogen (secondary N) is 1. The highest BCUT2D eigenvalue weighted by molar-refractivity contribution is 7.05. The summed E-state index contributed by atoms with van der Waals surface area (Å²) >= 11 is 6.54. The second-order valence-electron chi connectivity index (χ2n) is 24.1. The zero-order valence-electron chi connectivity index (χ0n) is 62.0. The lowest BCUT2D eigenvalue weighted by molar-refractivity contribution is 0.292. The summed E-state index contributed by atoms with van der Waals surface area (Å²) in [5.74, 6) is 8.11. The minimum Gasteiger partial charge on any atom is -0.365 e. The molecule has 95 heavy (non-hydrogen) atoms. The maximum atomic E-state index is 4.62. The summed E-state index contributed by atoms with van der Waals surface area (Å²) in [6.07, 6.45) is 18.9. The summed E-state index contributed by atoms with van der Waals surface area (Å²) in [7, 11) is 0. The molecule has 29 nitrogen and oxygen atoms in total. The van der Waals surface area contributed by atoms with Crippen LogP contribution in [0.2, 0.25) is 0 Å². The van der Waals surface area contributed by atoms with E-state index in [1.165, 1.54) is 77.7 Å². The number of hydrogen-bond donors (Lipinski definition) is 1. The van der Waals surface area contributed by atoms with Gasteiger partial charge in [0.2, 0.25) is 0 Å². The third kappa shape index (κ3) is 121. The SMILES string of the molecule is CC(C)C.CC(C)C.CC(C)C.CC(C)C.CC(C)C.CC(C)C.CC(C)C.CC(C)c1cnon1.CC(C)c1cnsn1.CC(C)c1nnno1.CC(C)c1nnns1.c1cn[nH]c1.c1cnoc1.c1cnsc1.c1conn1.c1csnn1.c1nnon1.c1nnsn1. The van der Waals surface area contributed by atoms with Crippen molar-refractivity contribution in [3.05, 3.63) is 126 Å². The molecule has 1 N–H and O–H groups in total. The van der Waals surface area contributed by atoms with Crippen molar-refractivity contribution in [3.63, 3.8) is 0 Å². The highest BCUT2D eigenvalue weighted by Crippen LogP contribution is 2.12. The summed E-state index contributed by atoms with van der Waals surface area (Å²) in [5, 5.41) is 61.3. The first kappa shape index (κ1) is 101. The summed E-state index contributed by atoms with van der Waals surface area (Å²) in [5.41, 5.74) is 2.00. The number of aromatic amines is 1. The van der Waals surface area contributed by atoms with Crippen molar-refractivity contribution in [3.8, 4) is 0 Å². The molecular formula is C61H116N24O5S5. The molecule has 0 unspecified atom stereocenters. The van der Waals surface area contributed by atoms with Crippen molar-refractivity contribution < 1.29 is 22.8 Å². The van der Waals surface area contributed by atoms with Crippen molar-refractivity contribution in [2.45, 2.75) is 224 Å². The van der Waals surface area contributed by atoms with Gasteiger partial charge in [-0.3, -0.25) is 5.10 Å². The van der Waals surface area contributed by atoms with E-state index in [-0.39, 0.29) is 5.92 Å². The maximum Gasteiger partial charge on any atom is 0.250 e. The summed E-state index contributed by atoms with van der Waals surface area (Å²) in [6.45, 7) is 61.9. The Labute approximate surface area is 587 Å². The molecular weight excluding hydrogens is 1310 g/mol. The molecule has 0 spiro atoms. The van der Waals surface area contributed by atoms with Crippen LogP contribution in [0, 0.1) is 41.4 Å². The normalized spacial score (nSPS) is 9.09. The van der Waals surface area contributed by atoms with E-state index in [2.05, 4.69) is 315 Å². The largest absolute Gasteiger partial charge is 0.365 e. The maximum absolute atomic E-state index is 4.62. The van der Waals surface area contributed by atoms with Gasteiger partial charge in [-0.2, -0.15) is 18.2 Å². The Balaban J connectivity index is -0.000000174. The van der Waals surface area contributed by atoms with E-state index < -0.39 is 0 Å². The standard InChI is InChI=1S/C5H8N2O.C5H8N2S.C4H7N3O.C4H7N3S.7C4H10.C3H4N2.C3H3NO.C3H3NS.C2H2N2O.C2H2N2S.CHN3O.CHN3S/c2*1-4(2)5-3-6-8-7-5;2*1-3(2)4-5-6-7-8-4;7*1-4(2)3;3*1-2-4-5-3-1;2*1-2-5-4-3-1;2*1-2-4-5-3-1/h2*3-4H,1-2H3;2*3H,1-2H3;7*4H,1-3H3;1-3H,(H,4,5);2*1-3H;2*1-2H;2*1H. The van der Waals surface area contributed by atoms with Gasteiger partial charge in [0.1, 0.15) is 23.2 Å². The first-order valence-electron chi connectivity index (χ1n) is 30.9. The molecule has 11 aromatic rings. The van der Waals surface area contributed by atoms with E-state index in [4.69, 9.17) is 0 Å². The van der Waals surface area contributed by atoms with Crippen molar-refractivity contribution in [1.82, 2.24) is 119 Å². The molecule has 0 saturated carbocycles. The third-order valence-electron chi connectivity index (χ3n) is 5.68. The summed E-state index contributed by atoms with van der Waals surface area (Å²) in [6, 6.07) is 5.46. The van der Waals surface area contributed by atoms with Gasteiger partial charge in [0, 0.05) is 63.9 Å². The zero-order chi connectivity index (χ0) is 73.7. The molecule has 11 heterocycles. The highest BCUT2D eigenvalue weighted by Gasteiger charge is 2.04. The van der Waals surface area contributed by atoms with E-state index in [1.807, 2.05) is 56.8 Å². The first-order valence-corrected chi connectivity index (χ1v) is 34.8. The molecule has 0 radical (unpaired) electrons. The minimum absolute atomic E-state index is 0.282. The van der Waals surface area contributed by atoms with E-state index in [0.29, 0.717) is 23.6 Å². The average Bonchev–Trinajstić information content (AvgIpc) is 2.88. The molecule has 0 atom stereocenters. The lowest BCUT2D eigenvalue weighted by atomic mass is 10.2. The predicted octanol–water partition coefficient (Wildman–Crippen LogP) is 18.4. The molecule has 0 saturated heterocycles. The quantitative estimate of drug-likeness (QED) is 0.171. The van der Waals surface area contributed by atoms with Gasteiger partial charge in [0.05, 0.1) is 70.7 Å². The number of rotatable bonds is 4. The Hall–Kier alpha value is -7.43. The lowest BCUT2D eigenvalue weighted by Gasteiger charge is -1.92. The Morgan fingerprint density at radius 2 is 1.01 bits per heavy atom. The van der Waals surface area contributed by atoms with Gasteiger partial charge in [-0.15, -0.1) is 20.4 Å². The third-order valence-corrected chi connectivity index (χ3v) is 8.38. The van der Waals surface area contributed by atoms with Crippen LogP contribution in [0.3, 0.4) is 0 Å². The van der Waals surface area contributed by atoms with Crippen LogP contribution in [-0.4, -0.2) is 119 Å². The topological polar surface area (TPSA) is 378 Å². The van der Waals surface area contributed by atoms with Gasteiger partial charge in [-0.1, -0.05) is 240 Å². The molecule has 11 rings (SSSR count). The van der Waals surface area contributed by atoms with Crippen LogP contribution in [0.1, 0.15) is 247 Å². The van der Waals surface area contributed by atoms with Crippen LogP contribution in [0.25, 0.3) is 0 Å². The van der Waals surface area contributed by atoms with E-state index >= 15 is 0 Å². The summed E-state index contributed by atoms with van der Waals surface area (Å²) < 4.78 is 47.3. The number of aromatic nitrogens is 24. The van der Waals surface area contributed by atoms with Crippen molar-refractivity contribution >= 4 is 58.1 Å². The molecule has 0 bridgehead atoms. The van der Waals surface area contributed by atoms with Crippen molar-refractivity contribution in [2.75, 3.05) is 0 Å². The number of hydrogen-bond acceptors (Lipinski definition) is 33. The zero-order valence-corrected chi connectivity index (χ0v) is 66.1. The Morgan fingerprint density at radius 3 is 1.17 bits per heavy atom. The van der Waals surface area contributed by atoms with Crippen LogP contribution in [0.4, 0.5) is 0 Å². The number of nitrogens with zero attached hydrogens (tertiary/aromatic N) is 23. The van der Waals surface area contributed by atoms with Gasteiger partial charge in [0.15, 0.2) is 12.7 Å². The fourth-order valence-corrected chi connectivity index (χ4v) is 4.45. The summed E-state index contributed by atoms with van der Waals surface area (Å²) in [4.78, 5) is 0. The Bertz CT molecular complexity index is 2090. The van der Waals surface area contributed by atoms with E-state index in [9.17, 15) is 0 Å². The molecule has 0 aliphatic rings. The Kier molecular flexibility index (Phi) is 86.0. The molecule has 11 aromatic heterocycles. The lowest BCUT2D eigenvalue weighted by Crippen LogP contribution is -1.85. The van der Waals surface area contributed by atoms with E-state index in [1.54, 1.807) is 43.2 Å². The molecule has 0 amide bonds. The average molecular weight is 1430 g/mol. The monoisotopic (exact) mass is 1420 g/mol. The molecule has 0 fully saturated rings. The minimum atomic E-state index is 0.282. The van der Waals surface area contributed by atoms with Crippen LogP contribution in [-0.2, 0) is 0 Å². The van der Waals surface area contributed by atoms with Crippen LogP contribution >= 0.6 is 58.1 Å². The fourth-order valence-electron chi connectivity index (χ4n) is 2.63. The van der Waals surface area contributed by atoms with Crippen LogP contribution in [0.15, 0.2) is 127 Å². The van der Waals surface area contributed by atoms with Gasteiger partial charge in [0.25, 0.3) is 5.89 Å². The number of H-pyrrole nitrogens is 1. The van der Waals surface area contributed by atoms with Gasteiger partial charge >= 0.3 is 0 Å². The Morgan fingerprint density at radius 1 is 0.400 bits per heavy atom. The van der Waals surface area contributed by atoms with Crippen molar-refractivity contribution in [1.29, 1.82) is 0 Å². The second kappa shape index (κ2) is 80.8. The van der Waals surface area contributed by atoms with Gasteiger partial charge < -0.3 is 13.6 Å². The molecule has 34 heteroatoms. The predicted molar refractivity (Wildman–Crippen MR) is 385 cm³/mol. The smallest absolute Gasteiger partial charge is 0.250 e. The van der Waals surface area contributed by atoms with Crippen LogP contribution in [0.5, 0.6) is 0 Å². The highest BCUT2D eigenvalue weighted by atomic mass is 32.1. The second-order valence-corrected chi connectivity index (χ2v) is 27.3. The van der Waals surface area contributed by atoms with Gasteiger partial charge in [-0.25, -0.2) is 13.6 Å². The first-order chi connectivity index (χ1) is 44.8. The molecule has 0 aromatic carbocycles. The van der Waals surface area contributed by atoms with Crippen LogP contribution < -0.4 is 0 Å². The van der Waals surface area contributed by atoms with E-state index in [0.717, 1.165) is 69.5 Å². The molecule has 0 aliphatic carbocycles. The van der Waals surface area contributed by atoms with Gasteiger partial charge in [-0.05, 0) is 104 Å². The van der Waals surface area contributed by atoms with Crippen molar-refractivity contribution in [2.24, 2.45) is 41.4 Å².